The third kappa shape index (κ3) is 3.99. The fourth-order valence-electron chi connectivity index (χ4n) is 3.44. The van der Waals surface area contributed by atoms with Crippen molar-refractivity contribution in [1.82, 2.24) is 5.32 Å². The van der Waals surface area contributed by atoms with E-state index >= 15 is 0 Å². The standard InChI is InChI=1S/C18H28N2O/c1-12(2)16-10-5-13(3)11-17(16)20-15-8-6-14(7-9-15)18(21)19-4/h6-9,12-13,16-17,20H,5,10-11H2,1-4H3,(H,19,21). The molecule has 1 aromatic carbocycles. The summed E-state index contributed by atoms with van der Waals surface area (Å²) < 4.78 is 0. The van der Waals surface area contributed by atoms with Crippen molar-refractivity contribution in [2.24, 2.45) is 17.8 Å². The van der Waals surface area contributed by atoms with E-state index in [9.17, 15) is 4.79 Å². The number of benzene rings is 1. The monoisotopic (exact) mass is 288 g/mol. The van der Waals surface area contributed by atoms with Crippen LogP contribution >= 0.6 is 0 Å². The predicted molar refractivity (Wildman–Crippen MR) is 88.6 cm³/mol. The minimum Gasteiger partial charge on any atom is -0.382 e. The Morgan fingerprint density at radius 2 is 1.86 bits per heavy atom. The summed E-state index contributed by atoms with van der Waals surface area (Å²) in [6.45, 7) is 6.99. The molecule has 1 aliphatic carbocycles. The zero-order chi connectivity index (χ0) is 15.4. The maximum Gasteiger partial charge on any atom is 0.251 e. The normalized spacial score (nSPS) is 25.7. The van der Waals surface area contributed by atoms with Gasteiger partial charge in [0.25, 0.3) is 5.91 Å². The Morgan fingerprint density at radius 1 is 1.19 bits per heavy atom. The van der Waals surface area contributed by atoms with Crippen molar-refractivity contribution in [2.45, 2.75) is 46.1 Å². The minimum atomic E-state index is -0.0344. The first kappa shape index (κ1) is 15.9. The van der Waals surface area contributed by atoms with Gasteiger partial charge in [-0.3, -0.25) is 4.79 Å². The molecule has 0 aliphatic heterocycles. The van der Waals surface area contributed by atoms with Gasteiger partial charge in [-0.2, -0.15) is 0 Å². The Morgan fingerprint density at radius 3 is 2.43 bits per heavy atom. The molecule has 3 heteroatoms. The molecule has 0 bridgehead atoms. The summed E-state index contributed by atoms with van der Waals surface area (Å²) in [6, 6.07) is 8.34. The highest BCUT2D eigenvalue weighted by Crippen LogP contribution is 2.35. The number of hydrogen-bond donors (Lipinski definition) is 2. The zero-order valence-electron chi connectivity index (χ0n) is 13.6. The van der Waals surface area contributed by atoms with Crippen molar-refractivity contribution in [3.63, 3.8) is 0 Å². The molecule has 0 radical (unpaired) electrons. The molecule has 1 fully saturated rings. The lowest BCUT2D eigenvalue weighted by atomic mass is 9.74. The smallest absolute Gasteiger partial charge is 0.251 e. The lowest BCUT2D eigenvalue weighted by Crippen LogP contribution is -2.37. The third-order valence-corrected chi connectivity index (χ3v) is 4.75. The van der Waals surface area contributed by atoms with Crippen LogP contribution in [0.4, 0.5) is 5.69 Å². The van der Waals surface area contributed by atoms with Gasteiger partial charge in [0, 0.05) is 24.3 Å². The van der Waals surface area contributed by atoms with Crippen LogP contribution in [0.3, 0.4) is 0 Å². The highest BCUT2D eigenvalue weighted by molar-refractivity contribution is 5.94. The Bertz CT molecular complexity index is 467. The minimum absolute atomic E-state index is 0.0344. The summed E-state index contributed by atoms with van der Waals surface area (Å²) in [4.78, 5) is 11.6. The second-order valence-electron chi connectivity index (χ2n) is 6.73. The lowest BCUT2D eigenvalue weighted by Gasteiger charge is -2.38. The van der Waals surface area contributed by atoms with E-state index in [1.54, 1.807) is 7.05 Å². The van der Waals surface area contributed by atoms with E-state index in [1.165, 1.54) is 19.3 Å². The summed E-state index contributed by atoms with van der Waals surface area (Å²) in [5.41, 5.74) is 1.83. The van der Waals surface area contributed by atoms with Gasteiger partial charge in [-0.1, -0.05) is 27.2 Å². The molecule has 1 saturated carbocycles. The molecule has 3 unspecified atom stereocenters. The number of nitrogens with one attached hydrogen (secondary N) is 2. The molecule has 0 saturated heterocycles. The molecule has 116 valence electrons. The number of carbonyl (C=O) groups excluding carboxylic acids is 1. The van der Waals surface area contributed by atoms with Crippen LogP contribution in [-0.2, 0) is 0 Å². The van der Waals surface area contributed by atoms with Gasteiger partial charge in [0.15, 0.2) is 0 Å². The largest absolute Gasteiger partial charge is 0.382 e. The molecule has 1 aromatic rings. The van der Waals surface area contributed by atoms with Crippen LogP contribution in [-0.4, -0.2) is 19.0 Å². The summed E-state index contributed by atoms with van der Waals surface area (Å²) in [5, 5.41) is 6.35. The van der Waals surface area contributed by atoms with Crippen LogP contribution in [0.25, 0.3) is 0 Å². The Kier molecular flexibility index (Phi) is 5.27. The second kappa shape index (κ2) is 6.97. The van der Waals surface area contributed by atoms with E-state index in [0.29, 0.717) is 17.5 Å². The topological polar surface area (TPSA) is 41.1 Å². The molecule has 3 atom stereocenters. The molecule has 0 heterocycles. The van der Waals surface area contributed by atoms with Crippen LogP contribution in [0, 0.1) is 17.8 Å². The van der Waals surface area contributed by atoms with Crippen LogP contribution < -0.4 is 10.6 Å². The molecule has 0 aromatic heterocycles. The van der Waals surface area contributed by atoms with E-state index in [2.05, 4.69) is 31.4 Å². The number of carbonyl (C=O) groups is 1. The van der Waals surface area contributed by atoms with Gasteiger partial charge in [0.2, 0.25) is 0 Å². The van der Waals surface area contributed by atoms with Gasteiger partial charge in [-0.05, 0) is 54.9 Å². The number of hydrogen-bond acceptors (Lipinski definition) is 2. The SMILES string of the molecule is CNC(=O)c1ccc(NC2CC(C)CCC2C(C)C)cc1. The van der Waals surface area contributed by atoms with Gasteiger partial charge >= 0.3 is 0 Å². The van der Waals surface area contributed by atoms with Crippen molar-refractivity contribution in [2.75, 3.05) is 12.4 Å². The first-order valence-corrected chi connectivity index (χ1v) is 8.10. The van der Waals surface area contributed by atoms with Gasteiger partial charge in [-0.25, -0.2) is 0 Å². The van der Waals surface area contributed by atoms with Crippen molar-refractivity contribution in [3.8, 4) is 0 Å². The fourth-order valence-corrected chi connectivity index (χ4v) is 3.44. The first-order valence-electron chi connectivity index (χ1n) is 8.10. The van der Waals surface area contributed by atoms with E-state index in [4.69, 9.17) is 0 Å². The van der Waals surface area contributed by atoms with Crippen LogP contribution in [0.15, 0.2) is 24.3 Å². The van der Waals surface area contributed by atoms with Crippen molar-refractivity contribution >= 4 is 11.6 Å². The Balaban J connectivity index is 2.06. The summed E-state index contributed by atoms with van der Waals surface area (Å²) >= 11 is 0. The van der Waals surface area contributed by atoms with E-state index in [0.717, 1.165) is 17.5 Å². The summed E-state index contributed by atoms with van der Waals surface area (Å²) in [7, 11) is 1.66. The zero-order valence-corrected chi connectivity index (χ0v) is 13.6. The van der Waals surface area contributed by atoms with Gasteiger partial charge < -0.3 is 10.6 Å². The third-order valence-electron chi connectivity index (χ3n) is 4.75. The van der Waals surface area contributed by atoms with E-state index in [1.807, 2.05) is 24.3 Å². The Labute approximate surface area is 128 Å². The number of amides is 1. The van der Waals surface area contributed by atoms with Crippen LogP contribution in [0.1, 0.15) is 50.4 Å². The van der Waals surface area contributed by atoms with Gasteiger partial charge in [-0.15, -0.1) is 0 Å². The molecule has 21 heavy (non-hydrogen) atoms. The first-order chi connectivity index (χ1) is 10.0. The molecule has 0 spiro atoms. The average Bonchev–Trinajstić information content (AvgIpc) is 2.47. The van der Waals surface area contributed by atoms with Crippen molar-refractivity contribution in [3.05, 3.63) is 29.8 Å². The predicted octanol–water partition coefficient (Wildman–Crippen LogP) is 3.92. The molecule has 2 N–H and O–H groups in total. The van der Waals surface area contributed by atoms with Crippen LogP contribution in [0.5, 0.6) is 0 Å². The second-order valence-corrected chi connectivity index (χ2v) is 6.73. The van der Waals surface area contributed by atoms with Crippen molar-refractivity contribution in [1.29, 1.82) is 0 Å². The van der Waals surface area contributed by atoms with E-state index in [-0.39, 0.29) is 5.91 Å². The van der Waals surface area contributed by atoms with Crippen molar-refractivity contribution < 1.29 is 4.79 Å². The Hall–Kier alpha value is -1.51. The summed E-state index contributed by atoms with van der Waals surface area (Å²) in [6.07, 6.45) is 3.89. The molecular weight excluding hydrogens is 260 g/mol. The van der Waals surface area contributed by atoms with E-state index < -0.39 is 0 Å². The quantitative estimate of drug-likeness (QED) is 0.881. The highest BCUT2D eigenvalue weighted by Gasteiger charge is 2.30. The fraction of sp³-hybridized carbons (Fsp3) is 0.611. The number of anilines is 1. The molecule has 1 amide bonds. The highest BCUT2D eigenvalue weighted by atomic mass is 16.1. The van der Waals surface area contributed by atoms with Gasteiger partial charge in [0.1, 0.15) is 0 Å². The molecular formula is C18H28N2O. The molecule has 3 nitrogen and oxygen atoms in total. The van der Waals surface area contributed by atoms with Crippen LogP contribution in [0.2, 0.25) is 0 Å². The van der Waals surface area contributed by atoms with Gasteiger partial charge in [0.05, 0.1) is 0 Å². The summed E-state index contributed by atoms with van der Waals surface area (Å²) in [5.74, 6) is 2.20. The number of rotatable bonds is 4. The average molecular weight is 288 g/mol. The maximum atomic E-state index is 11.6. The maximum absolute atomic E-state index is 11.6. The molecule has 2 rings (SSSR count). The lowest BCUT2D eigenvalue weighted by molar-refractivity contribution is 0.0963. The molecule has 1 aliphatic rings.